The summed E-state index contributed by atoms with van der Waals surface area (Å²) in [6.07, 6.45) is 0.198. The summed E-state index contributed by atoms with van der Waals surface area (Å²) in [4.78, 5) is 26.5. The number of carbonyl (C=O) groups is 2. The van der Waals surface area contributed by atoms with Gasteiger partial charge in [-0.15, -0.1) is 0 Å². The first-order valence-corrected chi connectivity index (χ1v) is 8.98. The lowest BCUT2D eigenvalue weighted by Gasteiger charge is -2.17. The number of amides is 2. The van der Waals surface area contributed by atoms with Gasteiger partial charge in [-0.1, -0.05) is 6.07 Å². The van der Waals surface area contributed by atoms with Crippen LogP contribution in [0.5, 0.6) is 17.2 Å². The molecule has 0 aliphatic carbocycles. The van der Waals surface area contributed by atoms with Gasteiger partial charge in [-0.05, 0) is 42.0 Å². The van der Waals surface area contributed by atoms with Gasteiger partial charge in [-0.2, -0.15) is 0 Å². The molecule has 1 aliphatic heterocycles. The van der Waals surface area contributed by atoms with E-state index in [4.69, 9.17) is 14.2 Å². The third kappa shape index (κ3) is 4.19. The van der Waals surface area contributed by atoms with Crippen LogP contribution in [0.3, 0.4) is 0 Å². The average Bonchev–Trinajstić information content (AvgIpc) is 3.13. The lowest BCUT2D eigenvalue weighted by atomic mass is 10.1. The first-order valence-electron chi connectivity index (χ1n) is 8.98. The second-order valence-electron chi connectivity index (χ2n) is 6.51. The normalized spacial score (nSPS) is 16.0. The molecule has 0 bridgehead atoms. The molecule has 7 nitrogen and oxygen atoms in total. The highest BCUT2D eigenvalue weighted by Crippen LogP contribution is 2.28. The third-order valence-corrected chi connectivity index (χ3v) is 4.79. The van der Waals surface area contributed by atoms with E-state index in [-0.39, 0.29) is 24.2 Å². The van der Waals surface area contributed by atoms with E-state index in [0.717, 1.165) is 17.0 Å². The number of benzene rings is 2. The second-order valence-corrected chi connectivity index (χ2v) is 6.51. The molecule has 1 N–H and O–H groups in total. The van der Waals surface area contributed by atoms with Crippen molar-refractivity contribution in [3.8, 4) is 17.2 Å². The molecule has 28 heavy (non-hydrogen) atoms. The van der Waals surface area contributed by atoms with Crippen LogP contribution in [-0.2, 0) is 16.1 Å². The topological polar surface area (TPSA) is 77.1 Å². The van der Waals surface area contributed by atoms with Crippen molar-refractivity contribution in [2.45, 2.75) is 13.0 Å². The van der Waals surface area contributed by atoms with Gasteiger partial charge in [0.05, 0.1) is 27.2 Å². The first-order chi connectivity index (χ1) is 13.5. The monoisotopic (exact) mass is 384 g/mol. The Morgan fingerprint density at radius 2 is 1.75 bits per heavy atom. The smallest absolute Gasteiger partial charge is 0.227 e. The van der Waals surface area contributed by atoms with Crippen molar-refractivity contribution in [3.63, 3.8) is 0 Å². The minimum Gasteiger partial charge on any atom is -0.497 e. The summed E-state index contributed by atoms with van der Waals surface area (Å²) in [7, 11) is 4.73. The summed E-state index contributed by atoms with van der Waals surface area (Å²) < 4.78 is 15.6. The van der Waals surface area contributed by atoms with Crippen LogP contribution in [0.4, 0.5) is 5.69 Å². The van der Waals surface area contributed by atoms with E-state index in [9.17, 15) is 9.59 Å². The van der Waals surface area contributed by atoms with E-state index >= 15 is 0 Å². The molecule has 1 heterocycles. The van der Waals surface area contributed by atoms with Crippen LogP contribution in [0.25, 0.3) is 0 Å². The van der Waals surface area contributed by atoms with E-state index in [0.29, 0.717) is 24.6 Å². The highest BCUT2D eigenvalue weighted by atomic mass is 16.5. The molecule has 7 heteroatoms. The first kappa shape index (κ1) is 19.5. The molecule has 1 saturated heterocycles. The predicted octanol–water partition coefficient (Wildman–Crippen LogP) is 2.38. The highest BCUT2D eigenvalue weighted by molar-refractivity contribution is 6.00. The molecular weight excluding hydrogens is 360 g/mol. The number of anilines is 1. The van der Waals surface area contributed by atoms with Crippen LogP contribution in [0.1, 0.15) is 12.0 Å². The number of ether oxygens (including phenoxy) is 3. The van der Waals surface area contributed by atoms with E-state index in [2.05, 4.69) is 5.32 Å². The summed E-state index contributed by atoms with van der Waals surface area (Å²) >= 11 is 0. The van der Waals surface area contributed by atoms with Crippen LogP contribution in [-0.4, -0.2) is 39.7 Å². The molecule has 2 aromatic carbocycles. The molecule has 1 aliphatic rings. The second kappa shape index (κ2) is 8.65. The van der Waals surface area contributed by atoms with Crippen molar-refractivity contribution in [2.24, 2.45) is 5.92 Å². The van der Waals surface area contributed by atoms with Gasteiger partial charge in [0.1, 0.15) is 5.75 Å². The van der Waals surface area contributed by atoms with Gasteiger partial charge in [0.15, 0.2) is 11.5 Å². The Balaban J connectivity index is 1.60. The molecule has 2 aromatic rings. The van der Waals surface area contributed by atoms with Crippen molar-refractivity contribution >= 4 is 17.5 Å². The Morgan fingerprint density at radius 1 is 1.04 bits per heavy atom. The van der Waals surface area contributed by atoms with Crippen molar-refractivity contribution in [3.05, 3.63) is 48.0 Å². The maximum Gasteiger partial charge on any atom is 0.227 e. The van der Waals surface area contributed by atoms with Crippen LogP contribution < -0.4 is 24.4 Å². The zero-order valence-electron chi connectivity index (χ0n) is 16.2. The van der Waals surface area contributed by atoms with Gasteiger partial charge in [-0.25, -0.2) is 0 Å². The van der Waals surface area contributed by atoms with E-state index < -0.39 is 0 Å². The van der Waals surface area contributed by atoms with Crippen LogP contribution in [0, 0.1) is 5.92 Å². The van der Waals surface area contributed by atoms with E-state index in [1.807, 2.05) is 24.3 Å². The fourth-order valence-electron chi connectivity index (χ4n) is 3.22. The molecule has 0 spiro atoms. The molecule has 2 amide bonds. The summed E-state index contributed by atoms with van der Waals surface area (Å²) in [6, 6.07) is 12.7. The van der Waals surface area contributed by atoms with Gasteiger partial charge in [0.2, 0.25) is 11.8 Å². The fraction of sp³-hybridized carbons (Fsp3) is 0.333. The summed E-state index contributed by atoms with van der Waals surface area (Å²) in [6.45, 7) is 0.718. The molecule has 1 unspecified atom stereocenters. The Labute approximate surface area is 164 Å². The quantitative estimate of drug-likeness (QED) is 0.793. The van der Waals surface area contributed by atoms with E-state index in [1.54, 1.807) is 44.4 Å². The summed E-state index contributed by atoms with van der Waals surface area (Å²) in [5.74, 6) is 1.38. The number of rotatable bonds is 7. The molecule has 1 fully saturated rings. The van der Waals surface area contributed by atoms with Gasteiger partial charge in [-0.3, -0.25) is 9.59 Å². The Bertz CT molecular complexity index is 850. The van der Waals surface area contributed by atoms with Crippen molar-refractivity contribution < 1.29 is 23.8 Å². The summed E-state index contributed by atoms with van der Waals surface area (Å²) in [5, 5.41) is 2.91. The Hall–Kier alpha value is -3.22. The van der Waals surface area contributed by atoms with Gasteiger partial charge < -0.3 is 24.4 Å². The van der Waals surface area contributed by atoms with Crippen molar-refractivity contribution in [1.29, 1.82) is 0 Å². The zero-order valence-corrected chi connectivity index (χ0v) is 16.2. The number of hydrogen-bond donors (Lipinski definition) is 1. The molecule has 0 saturated carbocycles. The Morgan fingerprint density at radius 3 is 2.39 bits per heavy atom. The number of methoxy groups -OCH3 is 3. The van der Waals surface area contributed by atoms with Gasteiger partial charge >= 0.3 is 0 Å². The van der Waals surface area contributed by atoms with Crippen LogP contribution in [0.15, 0.2) is 42.5 Å². The van der Waals surface area contributed by atoms with Gasteiger partial charge in [0, 0.05) is 25.2 Å². The predicted molar refractivity (Wildman–Crippen MR) is 105 cm³/mol. The maximum absolute atomic E-state index is 12.6. The SMILES string of the molecule is COc1ccc(N2CC(C(=O)NCc3ccc(OC)c(OC)c3)CC2=O)cc1. The fourth-order valence-corrected chi connectivity index (χ4v) is 3.22. The molecule has 0 aromatic heterocycles. The summed E-state index contributed by atoms with van der Waals surface area (Å²) in [5.41, 5.74) is 1.66. The minimum absolute atomic E-state index is 0.0589. The lowest BCUT2D eigenvalue weighted by molar-refractivity contribution is -0.126. The molecular formula is C21H24N2O5. The molecule has 1 atom stereocenters. The highest BCUT2D eigenvalue weighted by Gasteiger charge is 2.35. The molecule has 3 rings (SSSR count). The zero-order chi connectivity index (χ0) is 20.1. The largest absolute Gasteiger partial charge is 0.497 e. The number of carbonyl (C=O) groups excluding carboxylic acids is 2. The standard InChI is InChI=1S/C21H24N2O5/c1-26-17-7-5-16(6-8-17)23-13-15(11-20(23)24)21(25)22-12-14-4-9-18(27-2)19(10-14)28-3/h4-10,15H,11-13H2,1-3H3,(H,22,25). The number of nitrogens with zero attached hydrogens (tertiary/aromatic N) is 1. The lowest BCUT2D eigenvalue weighted by Crippen LogP contribution is -2.32. The Kier molecular flexibility index (Phi) is 6.03. The maximum atomic E-state index is 12.6. The van der Waals surface area contributed by atoms with Crippen LogP contribution in [0.2, 0.25) is 0 Å². The molecule has 0 radical (unpaired) electrons. The van der Waals surface area contributed by atoms with E-state index in [1.165, 1.54) is 0 Å². The van der Waals surface area contributed by atoms with Crippen molar-refractivity contribution in [1.82, 2.24) is 5.32 Å². The minimum atomic E-state index is -0.380. The van der Waals surface area contributed by atoms with Crippen molar-refractivity contribution in [2.75, 3.05) is 32.8 Å². The van der Waals surface area contributed by atoms with Crippen LogP contribution >= 0.6 is 0 Å². The van der Waals surface area contributed by atoms with Gasteiger partial charge in [0.25, 0.3) is 0 Å². The average molecular weight is 384 g/mol. The number of nitrogens with one attached hydrogen (secondary N) is 1. The number of hydrogen-bond acceptors (Lipinski definition) is 5. The molecule has 148 valence electrons. The third-order valence-electron chi connectivity index (χ3n) is 4.79.